The Bertz CT molecular complexity index is 327. The summed E-state index contributed by atoms with van der Waals surface area (Å²) >= 11 is 0. The van der Waals surface area contributed by atoms with Crippen LogP contribution in [0.2, 0.25) is 0 Å². The molecular weight excluding hydrogens is 226 g/mol. The van der Waals surface area contributed by atoms with E-state index in [1.165, 1.54) is 0 Å². The van der Waals surface area contributed by atoms with Gasteiger partial charge in [0.15, 0.2) is 0 Å². The number of rotatable bonds is 7. The number of aliphatic hydroxyl groups excluding tert-OH is 3. The molecule has 96 valence electrons. The van der Waals surface area contributed by atoms with Crippen molar-refractivity contribution in [2.75, 3.05) is 19.8 Å². The van der Waals surface area contributed by atoms with Gasteiger partial charge in [-0.2, -0.15) is 0 Å². The van der Waals surface area contributed by atoms with Crippen molar-refractivity contribution in [1.29, 1.82) is 0 Å². The zero-order valence-electron chi connectivity index (χ0n) is 9.41. The van der Waals surface area contributed by atoms with Gasteiger partial charge >= 0.3 is 0 Å². The average molecular weight is 243 g/mol. The summed E-state index contributed by atoms with van der Waals surface area (Å²) in [5, 5.41) is 29.5. The van der Waals surface area contributed by atoms with Gasteiger partial charge in [0.05, 0.1) is 26.1 Å². The summed E-state index contributed by atoms with van der Waals surface area (Å²) in [4.78, 5) is 15.4. The van der Waals surface area contributed by atoms with Crippen molar-refractivity contribution in [3.05, 3.63) is 18.7 Å². The highest BCUT2D eigenvalue weighted by atomic mass is 16.3. The van der Waals surface area contributed by atoms with E-state index in [1.807, 2.05) is 0 Å². The maximum absolute atomic E-state index is 11.6. The largest absolute Gasteiger partial charge is 0.394 e. The molecule has 0 fully saturated rings. The molecule has 17 heavy (non-hydrogen) atoms. The number of carbonyl (C=O) groups excluding carboxylic acids is 1. The zero-order valence-corrected chi connectivity index (χ0v) is 9.41. The van der Waals surface area contributed by atoms with Crippen LogP contribution in [0.15, 0.2) is 18.7 Å². The van der Waals surface area contributed by atoms with Crippen LogP contribution < -0.4 is 5.32 Å². The van der Waals surface area contributed by atoms with Crippen LogP contribution in [0.4, 0.5) is 0 Å². The van der Waals surface area contributed by atoms with E-state index in [-0.39, 0.29) is 12.3 Å². The Hall–Kier alpha value is -1.44. The van der Waals surface area contributed by atoms with Crippen LogP contribution in [0.25, 0.3) is 0 Å². The van der Waals surface area contributed by atoms with E-state index >= 15 is 0 Å². The fourth-order valence-corrected chi connectivity index (χ4v) is 1.28. The molecule has 0 saturated carbocycles. The summed E-state index contributed by atoms with van der Waals surface area (Å²) < 4.78 is 1.73. The van der Waals surface area contributed by atoms with Gasteiger partial charge in [-0.1, -0.05) is 0 Å². The van der Waals surface area contributed by atoms with Crippen molar-refractivity contribution in [2.24, 2.45) is 0 Å². The smallest absolute Gasteiger partial charge is 0.222 e. The van der Waals surface area contributed by atoms with E-state index in [0.717, 1.165) is 0 Å². The predicted molar refractivity (Wildman–Crippen MR) is 59.0 cm³/mol. The number of amides is 1. The van der Waals surface area contributed by atoms with Gasteiger partial charge in [-0.15, -0.1) is 0 Å². The minimum Gasteiger partial charge on any atom is -0.394 e. The Labute approximate surface area is 98.7 Å². The van der Waals surface area contributed by atoms with Crippen molar-refractivity contribution >= 4 is 5.91 Å². The molecule has 1 amide bonds. The van der Waals surface area contributed by atoms with E-state index in [4.69, 9.17) is 15.3 Å². The quantitative estimate of drug-likeness (QED) is 0.447. The molecule has 1 aromatic heterocycles. The van der Waals surface area contributed by atoms with Crippen LogP contribution in [0.1, 0.15) is 6.42 Å². The number of aryl methyl sites for hydroxylation is 1. The maximum atomic E-state index is 11.6. The molecule has 0 aliphatic carbocycles. The van der Waals surface area contributed by atoms with E-state index in [9.17, 15) is 4.79 Å². The monoisotopic (exact) mass is 243 g/mol. The first kappa shape index (κ1) is 13.6. The first-order valence-electron chi connectivity index (χ1n) is 5.25. The van der Waals surface area contributed by atoms with Crippen molar-refractivity contribution in [3.63, 3.8) is 0 Å². The first-order chi connectivity index (χ1) is 8.15. The lowest BCUT2D eigenvalue weighted by atomic mass is 10.0. The summed E-state index contributed by atoms with van der Waals surface area (Å²) in [7, 11) is 0. The van der Waals surface area contributed by atoms with E-state index in [0.29, 0.717) is 6.54 Å². The third-order valence-corrected chi connectivity index (χ3v) is 2.47. The van der Waals surface area contributed by atoms with Crippen molar-refractivity contribution in [3.8, 4) is 0 Å². The van der Waals surface area contributed by atoms with E-state index in [1.54, 1.807) is 23.3 Å². The summed E-state index contributed by atoms with van der Waals surface area (Å²) in [5.41, 5.74) is -1.36. The van der Waals surface area contributed by atoms with Gasteiger partial charge in [0.2, 0.25) is 5.91 Å². The Morgan fingerprint density at radius 1 is 1.29 bits per heavy atom. The molecule has 4 N–H and O–H groups in total. The van der Waals surface area contributed by atoms with Crippen molar-refractivity contribution in [1.82, 2.24) is 14.9 Å². The summed E-state index contributed by atoms with van der Waals surface area (Å²) in [6, 6.07) is 0. The Morgan fingerprint density at radius 3 is 2.41 bits per heavy atom. The molecule has 0 spiro atoms. The molecule has 0 saturated heterocycles. The number of hydrogen-bond acceptors (Lipinski definition) is 5. The van der Waals surface area contributed by atoms with Crippen LogP contribution in [0.5, 0.6) is 0 Å². The molecular formula is C10H17N3O4. The highest BCUT2D eigenvalue weighted by molar-refractivity contribution is 5.76. The molecule has 0 atom stereocenters. The molecule has 0 bridgehead atoms. The highest BCUT2D eigenvalue weighted by Gasteiger charge is 2.29. The Morgan fingerprint density at radius 2 is 1.94 bits per heavy atom. The number of hydrogen-bond donors (Lipinski definition) is 4. The topological polar surface area (TPSA) is 108 Å². The molecule has 0 aliphatic heterocycles. The van der Waals surface area contributed by atoms with Crippen LogP contribution in [0, 0.1) is 0 Å². The molecule has 7 nitrogen and oxygen atoms in total. The maximum Gasteiger partial charge on any atom is 0.222 e. The standard InChI is InChI=1S/C10H17N3O4/c14-5-10(6-15,7-16)12-9(17)1-3-13-4-2-11-8-13/h2,4,8,14-16H,1,3,5-7H2,(H,12,17). The van der Waals surface area contributed by atoms with Crippen LogP contribution in [-0.2, 0) is 11.3 Å². The van der Waals surface area contributed by atoms with Gasteiger partial charge in [-0.25, -0.2) is 4.98 Å². The molecule has 0 unspecified atom stereocenters. The van der Waals surface area contributed by atoms with Crippen LogP contribution in [0.3, 0.4) is 0 Å². The molecule has 0 radical (unpaired) electrons. The average Bonchev–Trinajstić information content (AvgIpc) is 2.87. The number of nitrogens with zero attached hydrogens (tertiary/aromatic N) is 2. The summed E-state index contributed by atoms with van der Waals surface area (Å²) in [6.07, 6.45) is 5.10. The molecule has 0 aliphatic rings. The van der Waals surface area contributed by atoms with Gasteiger partial charge in [0, 0.05) is 25.4 Å². The lowest BCUT2D eigenvalue weighted by Crippen LogP contribution is -2.57. The zero-order chi connectivity index (χ0) is 12.7. The number of carbonyl (C=O) groups is 1. The fourth-order valence-electron chi connectivity index (χ4n) is 1.28. The van der Waals surface area contributed by atoms with Gasteiger partial charge in [-0.3, -0.25) is 4.79 Å². The number of aliphatic hydroxyl groups is 3. The van der Waals surface area contributed by atoms with Crippen molar-refractivity contribution in [2.45, 2.75) is 18.5 Å². The SMILES string of the molecule is O=C(CCn1ccnc1)NC(CO)(CO)CO. The highest BCUT2D eigenvalue weighted by Crippen LogP contribution is 2.02. The van der Waals surface area contributed by atoms with Gasteiger partial charge in [-0.05, 0) is 0 Å². The lowest BCUT2D eigenvalue weighted by molar-refractivity contribution is -0.125. The lowest BCUT2D eigenvalue weighted by Gasteiger charge is -2.28. The Balaban J connectivity index is 2.42. The Kier molecular flexibility index (Phi) is 5.08. The van der Waals surface area contributed by atoms with Crippen molar-refractivity contribution < 1.29 is 20.1 Å². The number of aromatic nitrogens is 2. The number of imidazole rings is 1. The third kappa shape index (κ3) is 3.81. The van der Waals surface area contributed by atoms with Gasteiger partial charge in [0.25, 0.3) is 0 Å². The third-order valence-electron chi connectivity index (χ3n) is 2.47. The molecule has 7 heteroatoms. The van der Waals surface area contributed by atoms with Crippen LogP contribution >= 0.6 is 0 Å². The second kappa shape index (κ2) is 6.33. The predicted octanol–water partition coefficient (Wildman–Crippen LogP) is -1.89. The van der Waals surface area contributed by atoms with Gasteiger partial charge in [0.1, 0.15) is 5.54 Å². The molecule has 1 heterocycles. The second-order valence-corrected chi connectivity index (χ2v) is 3.85. The molecule has 0 aromatic carbocycles. The fraction of sp³-hybridized carbons (Fsp3) is 0.600. The van der Waals surface area contributed by atoms with E-state index < -0.39 is 25.4 Å². The van der Waals surface area contributed by atoms with Gasteiger partial charge < -0.3 is 25.2 Å². The number of nitrogens with one attached hydrogen (secondary N) is 1. The minimum atomic E-state index is -1.36. The second-order valence-electron chi connectivity index (χ2n) is 3.85. The summed E-state index contributed by atoms with van der Waals surface area (Å²) in [5.74, 6) is -0.351. The normalized spacial score (nSPS) is 11.5. The molecule has 1 aromatic rings. The molecule has 1 rings (SSSR count). The minimum absolute atomic E-state index is 0.179. The van der Waals surface area contributed by atoms with E-state index in [2.05, 4.69) is 10.3 Å². The van der Waals surface area contributed by atoms with Crippen LogP contribution in [-0.4, -0.2) is 56.1 Å². The summed E-state index contributed by atoms with van der Waals surface area (Å²) in [6.45, 7) is -1.10. The first-order valence-corrected chi connectivity index (χ1v) is 5.25.